The number of nitrogens with zero attached hydrogens (tertiary/aromatic N) is 7. The van der Waals surface area contributed by atoms with Crippen LogP contribution >= 0.6 is 11.8 Å². The van der Waals surface area contributed by atoms with E-state index in [1.165, 1.54) is 24.6 Å². The molecule has 174 valence electrons. The summed E-state index contributed by atoms with van der Waals surface area (Å²) in [6, 6.07) is 14.6. The van der Waals surface area contributed by atoms with Crippen LogP contribution in [0.2, 0.25) is 0 Å². The monoisotopic (exact) mass is 479 g/mol. The summed E-state index contributed by atoms with van der Waals surface area (Å²) in [5, 5.41) is 28.6. The van der Waals surface area contributed by atoms with E-state index in [2.05, 4.69) is 46.9 Å². The van der Waals surface area contributed by atoms with E-state index in [4.69, 9.17) is 5.10 Å². The van der Waals surface area contributed by atoms with Crippen LogP contribution in [0.25, 0.3) is 16.6 Å². The number of pyridine rings is 1. The minimum Gasteiger partial charge on any atom is -0.306 e. The molecule has 8 heteroatoms. The molecular weight excluding hydrogens is 454 g/mol. The van der Waals surface area contributed by atoms with Gasteiger partial charge in [0, 0.05) is 45.9 Å². The summed E-state index contributed by atoms with van der Waals surface area (Å²) in [7, 11) is 2.22. The fourth-order valence-electron chi connectivity index (χ4n) is 5.99. The number of nitriles is 2. The van der Waals surface area contributed by atoms with Crippen LogP contribution in [0, 0.1) is 41.4 Å². The highest BCUT2D eigenvalue weighted by Gasteiger charge is 2.43. The molecule has 0 N–H and O–H groups in total. The van der Waals surface area contributed by atoms with E-state index in [0.717, 1.165) is 45.2 Å². The smallest absolute Gasteiger partial charge is 0.103 e. The first kappa shape index (κ1) is 21.9. The van der Waals surface area contributed by atoms with Crippen LogP contribution < -0.4 is 0 Å². The van der Waals surface area contributed by atoms with Crippen molar-refractivity contribution in [2.24, 2.45) is 11.8 Å². The Hall–Kier alpha value is -3.59. The van der Waals surface area contributed by atoms with Crippen molar-refractivity contribution in [2.75, 3.05) is 20.1 Å². The Morgan fingerprint density at radius 1 is 0.971 bits per heavy atom. The number of aromatic nitrogens is 4. The quantitative estimate of drug-likeness (QED) is 0.413. The molecule has 2 aliphatic rings. The molecule has 0 spiro atoms. The number of likely N-dealkylation sites (tertiary alicyclic amines) is 1. The topological polar surface area (TPSA) is 85.9 Å². The van der Waals surface area contributed by atoms with E-state index in [1.54, 1.807) is 10.7 Å². The van der Waals surface area contributed by atoms with E-state index in [-0.39, 0.29) is 0 Å². The van der Waals surface area contributed by atoms with Crippen molar-refractivity contribution in [3.8, 4) is 23.3 Å². The largest absolute Gasteiger partial charge is 0.306 e. The molecule has 1 aliphatic carbocycles. The minimum atomic E-state index is 0.454. The van der Waals surface area contributed by atoms with Crippen LogP contribution in [0.3, 0.4) is 0 Å². The Morgan fingerprint density at radius 2 is 1.71 bits per heavy atom. The number of rotatable bonds is 4. The summed E-state index contributed by atoms with van der Waals surface area (Å²) >= 11 is 1.50. The number of hydrogen-bond donors (Lipinski definition) is 0. The normalized spacial score (nSPS) is 21.8. The molecule has 2 atom stereocenters. The first-order valence-corrected chi connectivity index (χ1v) is 12.7. The average Bonchev–Trinajstić information content (AvgIpc) is 3.52. The van der Waals surface area contributed by atoms with Gasteiger partial charge in [0.25, 0.3) is 0 Å². The highest BCUT2D eigenvalue weighted by atomic mass is 32.2. The molecule has 2 bridgehead atoms. The zero-order valence-electron chi connectivity index (χ0n) is 19.7. The summed E-state index contributed by atoms with van der Waals surface area (Å²) in [6.07, 6.45) is 8.09. The average molecular weight is 480 g/mol. The lowest BCUT2D eigenvalue weighted by molar-refractivity contribution is 0.128. The molecule has 3 aromatic heterocycles. The predicted molar refractivity (Wildman–Crippen MR) is 134 cm³/mol. The third-order valence-corrected chi connectivity index (χ3v) is 8.64. The van der Waals surface area contributed by atoms with E-state index >= 15 is 0 Å². The molecule has 1 aromatic carbocycles. The first-order valence-electron chi connectivity index (χ1n) is 11.9. The zero-order valence-corrected chi connectivity index (χ0v) is 20.5. The van der Waals surface area contributed by atoms with Crippen molar-refractivity contribution in [2.45, 2.75) is 35.6 Å². The SMILES string of the molecule is Cc1c(-c2cc(Sc3ccccc3C#N)c3c(C#N)cnn3c2)cnn1C1C2CCC1CN(C)C2. The summed E-state index contributed by atoms with van der Waals surface area (Å²) in [5.41, 5.74) is 5.13. The molecule has 2 fully saturated rings. The van der Waals surface area contributed by atoms with Crippen molar-refractivity contribution in [3.63, 3.8) is 0 Å². The van der Waals surface area contributed by atoms with Gasteiger partial charge in [-0.3, -0.25) is 4.68 Å². The van der Waals surface area contributed by atoms with Gasteiger partial charge in [0.15, 0.2) is 0 Å². The summed E-state index contributed by atoms with van der Waals surface area (Å²) < 4.78 is 4.04. The van der Waals surface area contributed by atoms with Crippen LogP contribution in [-0.4, -0.2) is 44.4 Å². The third kappa shape index (κ3) is 3.61. The lowest BCUT2D eigenvalue weighted by atomic mass is 9.92. The van der Waals surface area contributed by atoms with Crippen LogP contribution in [0.15, 0.2) is 58.7 Å². The molecule has 7 nitrogen and oxygen atoms in total. The van der Waals surface area contributed by atoms with Crippen LogP contribution in [0.5, 0.6) is 0 Å². The third-order valence-electron chi connectivity index (χ3n) is 7.53. The molecule has 2 unspecified atom stereocenters. The summed E-state index contributed by atoms with van der Waals surface area (Å²) in [6.45, 7) is 4.42. The van der Waals surface area contributed by atoms with Gasteiger partial charge in [0.2, 0.25) is 0 Å². The fraction of sp³-hybridized carbons (Fsp3) is 0.333. The molecule has 35 heavy (non-hydrogen) atoms. The molecule has 6 rings (SSSR count). The maximum Gasteiger partial charge on any atom is 0.103 e. The van der Waals surface area contributed by atoms with Gasteiger partial charge in [-0.1, -0.05) is 23.9 Å². The first-order chi connectivity index (χ1) is 17.1. The Labute approximate surface area is 208 Å². The Balaban J connectivity index is 1.45. The van der Waals surface area contributed by atoms with Gasteiger partial charge in [-0.15, -0.1) is 0 Å². The second-order valence-electron chi connectivity index (χ2n) is 9.66. The second-order valence-corrected chi connectivity index (χ2v) is 10.7. The number of benzene rings is 1. The van der Waals surface area contributed by atoms with Crippen LogP contribution in [0.1, 0.15) is 35.7 Å². The Morgan fingerprint density at radius 3 is 2.46 bits per heavy atom. The standard InChI is InChI=1S/C27H25N7S/c1-17-23(13-31-34(17)26-19-7-8-20(26)15-32(2)14-19)21-9-25(27-22(11-29)12-30-33(27)16-21)35-24-6-4-3-5-18(24)10-28/h3-6,9,12-13,16,19-20,26H,7-8,14-15H2,1-2H3. The molecule has 1 aliphatic heterocycles. The molecule has 4 heterocycles. The number of fused-ring (bicyclic) bond motifs is 3. The highest BCUT2D eigenvalue weighted by molar-refractivity contribution is 7.99. The van der Waals surface area contributed by atoms with Gasteiger partial charge < -0.3 is 4.90 Å². The van der Waals surface area contributed by atoms with Gasteiger partial charge in [0.05, 0.1) is 35.1 Å². The predicted octanol–water partition coefficient (Wildman–Crippen LogP) is 4.91. The molecule has 1 saturated carbocycles. The van der Waals surface area contributed by atoms with Gasteiger partial charge in [-0.05, 0) is 56.8 Å². The van der Waals surface area contributed by atoms with Crippen LogP contribution in [-0.2, 0) is 0 Å². The Kier molecular flexibility index (Phi) is 5.36. The lowest BCUT2D eigenvalue weighted by Crippen LogP contribution is -2.41. The fourth-order valence-corrected chi connectivity index (χ4v) is 7.09. The van der Waals surface area contributed by atoms with E-state index in [9.17, 15) is 10.5 Å². The minimum absolute atomic E-state index is 0.454. The van der Waals surface area contributed by atoms with Gasteiger partial charge in [0.1, 0.15) is 12.1 Å². The van der Waals surface area contributed by atoms with Crippen molar-refractivity contribution >= 4 is 17.3 Å². The van der Waals surface area contributed by atoms with Gasteiger partial charge >= 0.3 is 0 Å². The lowest BCUT2D eigenvalue weighted by Gasteiger charge is -2.36. The maximum atomic E-state index is 9.69. The molecule has 1 saturated heterocycles. The van der Waals surface area contributed by atoms with E-state index < -0.39 is 0 Å². The second kappa shape index (κ2) is 8.57. The number of hydrogen-bond acceptors (Lipinski definition) is 6. The van der Waals surface area contributed by atoms with Crippen molar-refractivity contribution < 1.29 is 0 Å². The van der Waals surface area contributed by atoms with Crippen molar-refractivity contribution in [1.82, 2.24) is 24.3 Å². The summed E-state index contributed by atoms with van der Waals surface area (Å²) in [5.74, 6) is 1.29. The number of piperidine rings is 1. The van der Waals surface area contributed by atoms with Gasteiger partial charge in [-0.25, -0.2) is 4.52 Å². The van der Waals surface area contributed by atoms with E-state index in [0.29, 0.717) is 29.0 Å². The molecule has 0 amide bonds. The van der Waals surface area contributed by atoms with Crippen molar-refractivity contribution in [3.05, 3.63) is 65.7 Å². The zero-order chi connectivity index (χ0) is 24.1. The Bertz CT molecular complexity index is 1500. The van der Waals surface area contributed by atoms with Gasteiger partial charge in [-0.2, -0.15) is 20.7 Å². The van der Waals surface area contributed by atoms with Crippen molar-refractivity contribution in [1.29, 1.82) is 10.5 Å². The molecule has 4 aromatic rings. The molecule has 0 radical (unpaired) electrons. The van der Waals surface area contributed by atoms with E-state index in [1.807, 2.05) is 36.7 Å². The summed E-state index contributed by atoms with van der Waals surface area (Å²) in [4.78, 5) is 4.21. The molecular formula is C27H25N7S. The maximum absolute atomic E-state index is 9.69. The van der Waals surface area contributed by atoms with Crippen LogP contribution in [0.4, 0.5) is 0 Å². The highest BCUT2D eigenvalue weighted by Crippen LogP contribution is 2.46.